The summed E-state index contributed by atoms with van der Waals surface area (Å²) in [6.45, 7) is 4.75. The van der Waals surface area contributed by atoms with Gasteiger partial charge in [0.15, 0.2) is 0 Å². The highest BCUT2D eigenvalue weighted by atomic mass is 35.5. The van der Waals surface area contributed by atoms with Gasteiger partial charge in [0.25, 0.3) is 11.8 Å². The maximum Gasteiger partial charge on any atom is 0.255 e. The number of carbonyl (C=O) groups is 2. The first kappa shape index (κ1) is 18.8. The van der Waals surface area contributed by atoms with E-state index >= 15 is 0 Å². The van der Waals surface area contributed by atoms with Crippen LogP contribution in [0.1, 0.15) is 40.1 Å². The molecule has 25 heavy (non-hydrogen) atoms. The van der Waals surface area contributed by atoms with Crippen molar-refractivity contribution >= 4 is 35.6 Å². The van der Waals surface area contributed by atoms with Crippen LogP contribution in [0.3, 0.4) is 0 Å². The lowest BCUT2D eigenvalue weighted by molar-refractivity contribution is 0.0942. The molecule has 0 radical (unpaired) electrons. The summed E-state index contributed by atoms with van der Waals surface area (Å²) in [4.78, 5) is 24.3. The minimum Gasteiger partial charge on any atom is -0.384 e. The van der Waals surface area contributed by atoms with Crippen molar-refractivity contribution in [3.63, 3.8) is 0 Å². The standard InChI is InChI=1S/C19H21N3O2.ClH/c1-12(2)21-18(23)13-3-6-16(7-4-13)22-19(24)15-5-8-17-14(11-15)9-10-20-17;/h3-8,11-12,20H,9-10H2,1-2H3,(H,21,23)(H,22,24);1H. The zero-order valence-electron chi connectivity index (χ0n) is 14.3. The van der Waals surface area contributed by atoms with Crippen molar-refractivity contribution in [1.29, 1.82) is 0 Å². The van der Waals surface area contributed by atoms with Crippen molar-refractivity contribution in [2.75, 3.05) is 17.2 Å². The number of benzene rings is 2. The van der Waals surface area contributed by atoms with Crippen LogP contribution in [0.2, 0.25) is 0 Å². The van der Waals surface area contributed by atoms with E-state index in [-0.39, 0.29) is 30.3 Å². The van der Waals surface area contributed by atoms with E-state index in [1.165, 1.54) is 5.56 Å². The van der Waals surface area contributed by atoms with Crippen molar-refractivity contribution in [3.05, 3.63) is 59.2 Å². The number of hydrogen-bond donors (Lipinski definition) is 3. The van der Waals surface area contributed by atoms with Gasteiger partial charge >= 0.3 is 0 Å². The number of fused-ring (bicyclic) bond motifs is 1. The Labute approximate surface area is 153 Å². The molecule has 0 saturated carbocycles. The van der Waals surface area contributed by atoms with Gasteiger partial charge in [-0.3, -0.25) is 9.59 Å². The fourth-order valence-electron chi connectivity index (χ4n) is 2.70. The second kappa shape index (κ2) is 8.03. The highest BCUT2D eigenvalue weighted by molar-refractivity contribution is 6.05. The lowest BCUT2D eigenvalue weighted by atomic mass is 10.1. The number of carbonyl (C=O) groups excluding carboxylic acids is 2. The molecule has 132 valence electrons. The van der Waals surface area contributed by atoms with Gasteiger partial charge in [-0.05, 0) is 68.3 Å². The molecule has 1 heterocycles. The molecule has 0 aliphatic carbocycles. The van der Waals surface area contributed by atoms with E-state index in [2.05, 4.69) is 16.0 Å². The molecule has 0 aromatic heterocycles. The zero-order chi connectivity index (χ0) is 17.1. The van der Waals surface area contributed by atoms with E-state index in [9.17, 15) is 9.59 Å². The minimum atomic E-state index is -0.149. The third-order valence-electron chi connectivity index (χ3n) is 3.90. The van der Waals surface area contributed by atoms with Crippen molar-refractivity contribution in [1.82, 2.24) is 5.32 Å². The van der Waals surface area contributed by atoms with E-state index < -0.39 is 0 Å². The van der Waals surface area contributed by atoms with Crippen LogP contribution in [-0.2, 0) is 6.42 Å². The van der Waals surface area contributed by atoms with E-state index in [0.29, 0.717) is 16.8 Å². The Kier molecular flexibility index (Phi) is 6.04. The van der Waals surface area contributed by atoms with Crippen LogP contribution in [0.4, 0.5) is 11.4 Å². The molecule has 0 spiro atoms. The predicted molar refractivity (Wildman–Crippen MR) is 103 cm³/mol. The molecule has 3 rings (SSSR count). The van der Waals surface area contributed by atoms with Crippen molar-refractivity contribution in [3.8, 4) is 0 Å². The molecule has 1 aliphatic rings. The molecule has 3 N–H and O–H groups in total. The Morgan fingerprint density at radius 3 is 2.36 bits per heavy atom. The molecule has 0 bridgehead atoms. The Hall–Kier alpha value is -2.53. The van der Waals surface area contributed by atoms with Crippen molar-refractivity contribution in [2.45, 2.75) is 26.3 Å². The minimum absolute atomic E-state index is 0. The molecular formula is C19H22ClN3O2. The number of amides is 2. The van der Waals surface area contributed by atoms with Gasteiger partial charge < -0.3 is 16.0 Å². The Morgan fingerprint density at radius 1 is 1.00 bits per heavy atom. The Bertz CT molecular complexity index is 773. The summed E-state index contributed by atoms with van der Waals surface area (Å²) in [6.07, 6.45) is 0.941. The third kappa shape index (κ3) is 4.51. The number of nitrogens with one attached hydrogen (secondary N) is 3. The average Bonchev–Trinajstić information content (AvgIpc) is 3.02. The molecule has 0 fully saturated rings. The molecule has 2 amide bonds. The molecule has 0 saturated heterocycles. The first-order valence-electron chi connectivity index (χ1n) is 8.12. The summed E-state index contributed by atoms with van der Waals surface area (Å²) in [7, 11) is 0. The summed E-state index contributed by atoms with van der Waals surface area (Å²) < 4.78 is 0. The van der Waals surface area contributed by atoms with E-state index in [4.69, 9.17) is 0 Å². The maximum atomic E-state index is 12.4. The van der Waals surface area contributed by atoms with Crippen molar-refractivity contribution in [2.24, 2.45) is 0 Å². The second-order valence-electron chi connectivity index (χ2n) is 6.21. The van der Waals surface area contributed by atoms with Gasteiger partial charge in [0, 0.05) is 35.1 Å². The van der Waals surface area contributed by atoms with Gasteiger partial charge in [0.2, 0.25) is 0 Å². The molecule has 6 heteroatoms. The third-order valence-corrected chi connectivity index (χ3v) is 3.90. The second-order valence-corrected chi connectivity index (χ2v) is 6.21. The average molecular weight is 360 g/mol. The summed E-state index contributed by atoms with van der Waals surface area (Å²) in [5.41, 5.74) is 4.15. The van der Waals surface area contributed by atoms with E-state index in [1.54, 1.807) is 24.3 Å². The predicted octanol–water partition coefficient (Wildman–Crippen LogP) is 3.47. The van der Waals surface area contributed by atoms with Gasteiger partial charge in [0.1, 0.15) is 0 Å². The quantitative estimate of drug-likeness (QED) is 0.782. The molecule has 0 atom stereocenters. The molecular weight excluding hydrogens is 338 g/mol. The monoisotopic (exact) mass is 359 g/mol. The van der Waals surface area contributed by atoms with Crippen LogP contribution in [0.15, 0.2) is 42.5 Å². The van der Waals surface area contributed by atoms with Crippen LogP contribution < -0.4 is 16.0 Å². The van der Waals surface area contributed by atoms with Crippen molar-refractivity contribution < 1.29 is 9.59 Å². The first-order valence-corrected chi connectivity index (χ1v) is 8.12. The van der Waals surface area contributed by atoms with Gasteiger partial charge in [-0.25, -0.2) is 0 Å². The Balaban J connectivity index is 0.00000225. The Morgan fingerprint density at radius 2 is 1.68 bits per heavy atom. The van der Waals surface area contributed by atoms with Gasteiger partial charge in [-0.1, -0.05) is 0 Å². The first-order chi connectivity index (χ1) is 11.5. The SMILES string of the molecule is CC(C)NC(=O)c1ccc(NC(=O)c2ccc3c(c2)CCN3)cc1.Cl. The smallest absolute Gasteiger partial charge is 0.255 e. The molecule has 2 aromatic carbocycles. The normalized spacial score (nSPS) is 12.0. The van der Waals surface area contributed by atoms with E-state index in [0.717, 1.165) is 18.7 Å². The summed E-state index contributed by atoms with van der Waals surface area (Å²) in [5.74, 6) is -0.266. The summed E-state index contributed by atoms with van der Waals surface area (Å²) in [5, 5.41) is 8.98. The van der Waals surface area contributed by atoms with Crippen LogP contribution in [0.5, 0.6) is 0 Å². The van der Waals surface area contributed by atoms with E-state index in [1.807, 2.05) is 32.0 Å². The molecule has 2 aromatic rings. The fraction of sp³-hybridized carbons (Fsp3) is 0.263. The van der Waals surface area contributed by atoms with Gasteiger partial charge in [-0.2, -0.15) is 0 Å². The van der Waals surface area contributed by atoms with Crippen LogP contribution in [-0.4, -0.2) is 24.4 Å². The maximum absolute atomic E-state index is 12.4. The highest BCUT2D eigenvalue weighted by Gasteiger charge is 2.14. The number of anilines is 2. The van der Waals surface area contributed by atoms with Gasteiger partial charge in [0.05, 0.1) is 0 Å². The number of halogens is 1. The van der Waals surface area contributed by atoms with Crippen LogP contribution >= 0.6 is 12.4 Å². The largest absolute Gasteiger partial charge is 0.384 e. The zero-order valence-corrected chi connectivity index (χ0v) is 15.1. The summed E-state index contributed by atoms with van der Waals surface area (Å²) >= 11 is 0. The van der Waals surface area contributed by atoms with Gasteiger partial charge in [-0.15, -0.1) is 12.4 Å². The van der Waals surface area contributed by atoms with Crippen LogP contribution in [0, 0.1) is 0 Å². The van der Waals surface area contributed by atoms with Crippen LogP contribution in [0.25, 0.3) is 0 Å². The lowest BCUT2D eigenvalue weighted by Gasteiger charge is -2.10. The topological polar surface area (TPSA) is 70.2 Å². The summed E-state index contributed by atoms with van der Waals surface area (Å²) in [6, 6.07) is 12.7. The molecule has 1 aliphatic heterocycles. The molecule has 0 unspecified atom stereocenters. The fourth-order valence-corrected chi connectivity index (χ4v) is 2.70. The number of hydrogen-bond acceptors (Lipinski definition) is 3. The lowest BCUT2D eigenvalue weighted by Crippen LogP contribution is -2.30. The molecule has 5 nitrogen and oxygen atoms in total. The highest BCUT2D eigenvalue weighted by Crippen LogP contribution is 2.23. The number of rotatable bonds is 4.